The molecule has 32 heavy (non-hydrogen) atoms. The lowest BCUT2D eigenvalue weighted by atomic mass is 10.1. The molecule has 2 heterocycles. The highest BCUT2D eigenvalue weighted by atomic mass is 32.2. The van der Waals surface area contributed by atoms with Gasteiger partial charge < -0.3 is 15.0 Å². The monoisotopic (exact) mass is 465 g/mol. The number of carbonyl (C=O) groups is 1. The van der Waals surface area contributed by atoms with E-state index in [0.29, 0.717) is 29.6 Å². The Morgan fingerprint density at radius 1 is 1.06 bits per heavy atom. The predicted octanol–water partition coefficient (Wildman–Crippen LogP) is 4.02. The number of hydrogen-bond donors (Lipinski definition) is 1. The van der Waals surface area contributed by atoms with Crippen molar-refractivity contribution >= 4 is 38.5 Å². The zero-order valence-electron chi connectivity index (χ0n) is 16.9. The van der Waals surface area contributed by atoms with Crippen molar-refractivity contribution in [1.29, 1.82) is 0 Å². The lowest BCUT2D eigenvalue weighted by molar-refractivity contribution is 0.0950. The first-order valence-electron chi connectivity index (χ1n) is 10.00. The highest BCUT2D eigenvalue weighted by molar-refractivity contribution is 8.15. The van der Waals surface area contributed by atoms with E-state index in [1.54, 1.807) is 12.1 Å². The van der Waals surface area contributed by atoms with Crippen LogP contribution in [0.2, 0.25) is 0 Å². The third-order valence-electron chi connectivity index (χ3n) is 5.12. The van der Waals surface area contributed by atoms with Crippen LogP contribution in [0.3, 0.4) is 0 Å². The van der Waals surface area contributed by atoms with Crippen molar-refractivity contribution in [2.24, 2.45) is 4.40 Å². The van der Waals surface area contributed by atoms with Gasteiger partial charge in [-0.2, -0.15) is 0 Å². The van der Waals surface area contributed by atoms with Gasteiger partial charge in [0.1, 0.15) is 11.5 Å². The molecular weight excluding hydrogens is 446 g/mol. The van der Waals surface area contributed by atoms with E-state index in [2.05, 4.69) is 9.71 Å². The van der Waals surface area contributed by atoms with Crippen LogP contribution in [-0.2, 0) is 16.6 Å². The normalized spacial score (nSPS) is 16.0. The number of benzene rings is 3. The molecule has 0 saturated heterocycles. The quantitative estimate of drug-likeness (QED) is 0.612. The Kier molecular flexibility index (Phi) is 5.36. The Balaban J connectivity index is 1.30. The van der Waals surface area contributed by atoms with Crippen LogP contribution in [-0.4, -0.2) is 31.8 Å². The van der Waals surface area contributed by atoms with Gasteiger partial charge in [0.05, 0.1) is 11.4 Å². The molecule has 0 fully saturated rings. The Morgan fingerprint density at radius 2 is 1.84 bits per heavy atom. The number of nitrogens with zero attached hydrogens (tertiary/aromatic N) is 2. The molecular formula is C23H19N3O4S2. The molecule has 0 unspecified atom stereocenters. The molecule has 7 nitrogen and oxygen atoms in total. The fourth-order valence-corrected chi connectivity index (χ4v) is 5.81. The van der Waals surface area contributed by atoms with Crippen LogP contribution in [0.1, 0.15) is 15.9 Å². The Labute approximate surface area is 190 Å². The second kappa shape index (κ2) is 8.33. The first kappa shape index (κ1) is 20.6. The number of anilines is 1. The summed E-state index contributed by atoms with van der Waals surface area (Å²) in [5.41, 5.74) is 2.24. The number of ether oxygens (including phenoxy) is 1. The van der Waals surface area contributed by atoms with Gasteiger partial charge in [-0.1, -0.05) is 36.4 Å². The maximum Gasteiger partial charge on any atom is 0.257 e. The first-order chi connectivity index (χ1) is 15.5. The lowest BCUT2D eigenvalue weighted by Gasteiger charge is -2.22. The van der Waals surface area contributed by atoms with Crippen LogP contribution < -0.4 is 15.0 Å². The number of carbonyl (C=O) groups excluding carboxylic acids is 1. The molecule has 5 rings (SSSR count). The number of thioether (sulfide) groups is 1. The molecule has 0 aromatic heterocycles. The average molecular weight is 466 g/mol. The van der Waals surface area contributed by atoms with Gasteiger partial charge in [-0.05, 0) is 48.2 Å². The number of amides is 1. The molecule has 0 aliphatic carbocycles. The number of fused-ring (bicyclic) bond motifs is 3. The molecule has 3 aromatic carbocycles. The molecule has 0 bridgehead atoms. The van der Waals surface area contributed by atoms with Crippen LogP contribution in [0.25, 0.3) is 0 Å². The van der Waals surface area contributed by atoms with Crippen LogP contribution in [0.15, 0.2) is 82.1 Å². The Hall–Kier alpha value is -3.30. The standard InChI is InChI=1S/C23H19N3O4S2/c27-22(24-15-17-6-4-5-9-20(17)30-18-7-2-1-3-8-18)16-10-11-19-21(14-16)31-23-25-32(28,29)13-12-26(19)23/h1-11,14H,12-13,15H2,(H,24,27). The number of rotatable bonds is 5. The summed E-state index contributed by atoms with van der Waals surface area (Å²) < 4.78 is 33.4. The number of para-hydroxylation sites is 2. The van der Waals surface area contributed by atoms with Crippen molar-refractivity contribution < 1.29 is 17.9 Å². The summed E-state index contributed by atoms with van der Waals surface area (Å²) in [4.78, 5) is 15.5. The highest BCUT2D eigenvalue weighted by Gasteiger charge is 2.33. The van der Waals surface area contributed by atoms with Gasteiger partial charge in [0, 0.05) is 29.1 Å². The van der Waals surface area contributed by atoms with E-state index in [1.807, 2.05) is 65.6 Å². The van der Waals surface area contributed by atoms with Gasteiger partial charge in [0.25, 0.3) is 15.9 Å². The smallest absolute Gasteiger partial charge is 0.257 e. The molecule has 1 amide bonds. The van der Waals surface area contributed by atoms with E-state index < -0.39 is 10.0 Å². The number of nitrogens with one attached hydrogen (secondary N) is 1. The molecule has 162 valence electrons. The van der Waals surface area contributed by atoms with Gasteiger partial charge in [-0.25, -0.2) is 8.42 Å². The van der Waals surface area contributed by atoms with Crippen molar-refractivity contribution in [2.75, 3.05) is 17.2 Å². The van der Waals surface area contributed by atoms with Gasteiger partial charge in [0.15, 0.2) is 5.17 Å². The topological polar surface area (TPSA) is 88.1 Å². The summed E-state index contributed by atoms with van der Waals surface area (Å²) in [6.45, 7) is 0.675. The van der Waals surface area contributed by atoms with E-state index in [0.717, 1.165) is 21.9 Å². The maximum atomic E-state index is 12.8. The third-order valence-corrected chi connectivity index (χ3v) is 7.42. The average Bonchev–Trinajstić information content (AvgIpc) is 3.14. The zero-order chi connectivity index (χ0) is 22.1. The largest absolute Gasteiger partial charge is 0.457 e. The number of hydrogen-bond acceptors (Lipinski definition) is 6. The van der Waals surface area contributed by atoms with Crippen LogP contribution in [0.5, 0.6) is 11.5 Å². The van der Waals surface area contributed by atoms with E-state index in [4.69, 9.17) is 4.74 Å². The van der Waals surface area contributed by atoms with Gasteiger partial charge >= 0.3 is 0 Å². The first-order valence-corrected chi connectivity index (χ1v) is 12.4. The van der Waals surface area contributed by atoms with Crippen LogP contribution in [0, 0.1) is 0 Å². The van der Waals surface area contributed by atoms with Crippen LogP contribution in [0.4, 0.5) is 5.69 Å². The highest BCUT2D eigenvalue weighted by Crippen LogP contribution is 2.42. The molecule has 3 aromatic rings. The molecule has 0 saturated carbocycles. The Morgan fingerprint density at radius 3 is 2.69 bits per heavy atom. The van der Waals surface area contributed by atoms with Crippen molar-refractivity contribution in [3.63, 3.8) is 0 Å². The Bertz CT molecular complexity index is 1320. The summed E-state index contributed by atoms with van der Waals surface area (Å²) in [5.74, 6) is 1.17. The fourth-order valence-electron chi connectivity index (χ4n) is 3.51. The number of sulfonamides is 1. The summed E-state index contributed by atoms with van der Waals surface area (Å²) in [6.07, 6.45) is 0. The van der Waals surface area contributed by atoms with Gasteiger partial charge in [-0.15, -0.1) is 4.40 Å². The molecule has 0 spiro atoms. The van der Waals surface area contributed by atoms with Crippen molar-refractivity contribution in [1.82, 2.24) is 5.32 Å². The summed E-state index contributed by atoms with van der Waals surface area (Å²) in [5, 5.41) is 3.38. The summed E-state index contributed by atoms with van der Waals surface area (Å²) in [6, 6.07) is 22.4. The minimum Gasteiger partial charge on any atom is -0.457 e. The molecule has 9 heteroatoms. The zero-order valence-corrected chi connectivity index (χ0v) is 18.5. The molecule has 1 N–H and O–H groups in total. The number of amidine groups is 1. The van der Waals surface area contributed by atoms with Crippen molar-refractivity contribution in [3.8, 4) is 11.5 Å². The maximum absolute atomic E-state index is 12.8. The SMILES string of the molecule is O=C(NCc1ccccc1Oc1ccccc1)c1ccc2c(c1)SC1=NS(=O)(=O)CCN12. The second-order valence-corrected chi connectivity index (χ2v) is 10.1. The fraction of sp³-hybridized carbons (Fsp3) is 0.130. The van der Waals surface area contributed by atoms with E-state index in [-0.39, 0.29) is 11.7 Å². The lowest BCUT2D eigenvalue weighted by Crippen LogP contribution is -2.35. The van der Waals surface area contributed by atoms with E-state index in [1.165, 1.54) is 11.8 Å². The minimum atomic E-state index is -3.41. The molecule has 0 radical (unpaired) electrons. The van der Waals surface area contributed by atoms with Crippen LogP contribution >= 0.6 is 11.8 Å². The third kappa shape index (κ3) is 4.21. The molecule has 2 aliphatic heterocycles. The summed E-state index contributed by atoms with van der Waals surface area (Å²) >= 11 is 1.27. The molecule has 2 aliphatic rings. The molecule has 0 atom stereocenters. The second-order valence-electron chi connectivity index (χ2n) is 7.30. The predicted molar refractivity (Wildman–Crippen MR) is 125 cm³/mol. The van der Waals surface area contributed by atoms with E-state index in [9.17, 15) is 13.2 Å². The van der Waals surface area contributed by atoms with Crippen molar-refractivity contribution in [3.05, 3.63) is 83.9 Å². The summed E-state index contributed by atoms with van der Waals surface area (Å²) in [7, 11) is -3.41. The van der Waals surface area contributed by atoms with Crippen molar-refractivity contribution in [2.45, 2.75) is 11.4 Å². The minimum absolute atomic E-state index is 0.0107. The van der Waals surface area contributed by atoms with Gasteiger partial charge in [0.2, 0.25) is 0 Å². The van der Waals surface area contributed by atoms with Gasteiger partial charge in [-0.3, -0.25) is 4.79 Å². The van der Waals surface area contributed by atoms with E-state index >= 15 is 0 Å².